The molecule has 0 radical (unpaired) electrons. The van der Waals surface area contributed by atoms with Gasteiger partial charge in [0.05, 0.1) is 32.0 Å². The molecule has 8 heteroatoms. The number of carbonyl (C=O) groups is 1. The zero-order chi connectivity index (χ0) is 24.9. The molecule has 0 unspecified atom stereocenters. The second-order valence-corrected chi connectivity index (χ2v) is 8.40. The van der Waals surface area contributed by atoms with E-state index in [1.165, 1.54) is 5.56 Å². The molecule has 2 aromatic carbocycles. The van der Waals surface area contributed by atoms with Crippen molar-refractivity contribution in [1.29, 1.82) is 0 Å². The fraction of sp³-hybridized carbons (Fsp3) is 0.179. The van der Waals surface area contributed by atoms with Crippen LogP contribution < -0.4 is 10.1 Å². The molecule has 5 aromatic rings. The third kappa shape index (κ3) is 4.85. The van der Waals surface area contributed by atoms with Crippen LogP contribution in [0.25, 0.3) is 33.3 Å². The largest absolute Gasteiger partial charge is 0.496 e. The molecule has 0 spiro atoms. The summed E-state index contributed by atoms with van der Waals surface area (Å²) in [7, 11) is 3.16. The molecule has 0 saturated carbocycles. The number of methoxy groups -OCH3 is 2. The molecule has 0 fully saturated rings. The first-order valence-electron chi connectivity index (χ1n) is 11.7. The van der Waals surface area contributed by atoms with Crippen LogP contribution in [-0.2, 0) is 11.3 Å². The predicted octanol–water partition coefficient (Wildman–Crippen LogP) is 4.53. The van der Waals surface area contributed by atoms with Gasteiger partial charge in [-0.2, -0.15) is 5.10 Å². The number of aromatic nitrogens is 4. The minimum atomic E-state index is -0.204. The third-order valence-corrected chi connectivity index (χ3v) is 6.03. The van der Waals surface area contributed by atoms with Crippen molar-refractivity contribution in [2.75, 3.05) is 27.4 Å². The Balaban J connectivity index is 1.43. The smallest absolute Gasteiger partial charge is 0.255 e. The lowest BCUT2D eigenvalue weighted by Gasteiger charge is -2.11. The van der Waals surface area contributed by atoms with E-state index < -0.39 is 0 Å². The van der Waals surface area contributed by atoms with E-state index in [2.05, 4.69) is 38.6 Å². The molecule has 2 N–H and O–H groups in total. The van der Waals surface area contributed by atoms with E-state index in [1.807, 2.05) is 59.8 Å². The second kappa shape index (κ2) is 10.5. The number of H-pyrrole nitrogens is 1. The topological polar surface area (TPSA) is 94.1 Å². The van der Waals surface area contributed by atoms with Crippen LogP contribution in [0, 0.1) is 0 Å². The molecular formula is C28H27N5O3. The van der Waals surface area contributed by atoms with Gasteiger partial charge in [-0.15, -0.1) is 0 Å². The van der Waals surface area contributed by atoms with Crippen molar-refractivity contribution in [3.8, 4) is 28.0 Å². The number of hydrogen-bond donors (Lipinski definition) is 2. The van der Waals surface area contributed by atoms with Gasteiger partial charge in [-0.25, -0.2) is 4.98 Å². The van der Waals surface area contributed by atoms with Crippen LogP contribution in [0.2, 0.25) is 0 Å². The molecule has 0 aliphatic carbocycles. The SMILES string of the molecule is COCCNC(=O)c1ccc(-c2cnc3[nH]cc(-c4cnn(Cc5ccccc5)c4)c3c2)cc1OC. The molecule has 3 heterocycles. The summed E-state index contributed by atoms with van der Waals surface area (Å²) in [4.78, 5) is 20.4. The summed E-state index contributed by atoms with van der Waals surface area (Å²) in [6, 6.07) is 17.9. The van der Waals surface area contributed by atoms with Gasteiger partial charge >= 0.3 is 0 Å². The summed E-state index contributed by atoms with van der Waals surface area (Å²) in [5.41, 5.74) is 6.33. The van der Waals surface area contributed by atoms with Gasteiger partial charge in [-0.05, 0) is 29.3 Å². The molecule has 8 nitrogen and oxygen atoms in total. The van der Waals surface area contributed by atoms with Crippen molar-refractivity contribution in [2.24, 2.45) is 0 Å². The first kappa shape index (κ1) is 23.3. The summed E-state index contributed by atoms with van der Waals surface area (Å²) in [5, 5.41) is 8.37. The Bertz CT molecular complexity index is 1490. The van der Waals surface area contributed by atoms with Crippen LogP contribution in [0.1, 0.15) is 15.9 Å². The predicted molar refractivity (Wildman–Crippen MR) is 139 cm³/mol. The first-order chi connectivity index (χ1) is 17.7. The summed E-state index contributed by atoms with van der Waals surface area (Å²) in [6.45, 7) is 1.58. The van der Waals surface area contributed by atoms with Crippen molar-refractivity contribution in [3.63, 3.8) is 0 Å². The fourth-order valence-electron chi connectivity index (χ4n) is 4.18. The maximum absolute atomic E-state index is 12.5. The molecule has 36 heavy (non-hydrogen) atoms. The molecule has 182 valence electrons. The Morgan fingerprint density at radius 1 is 1.03 bits per heavy atom. The van der Waals surface area contributed by atoms with Gasteiger partial charge < -0.3 is 19.8 Å². The van der Waals surface area contributed by atoms with E-state index in [4.69, 9.17) is 9.47 Å². The van der Waals surface area contributed by atoms with Crippen LogP contribution in [0.3, 0.4) is 0 Å². The quantitative estimate of drug-likeness (QED) is 0.302. The highest BCUT2D eigenvalue weighted by atomic mass is 16.5. The van der Waals surface area contributed by atoms with Gasteiger partial charge in [0.1, 0.15) is 11.4 Å². The Morgan fingerprint density at radius 2 is 1.89 bits per heavy atom. The van der Waals surface area contributed by atoms with Crippen LogP contribution in [0.5, 0.6) is 5.75 Å². The van der Waals surface area contributed by atoms with Crippen molar-refractivity contribution in [3.05, 3.63) is 90.5 Å². The van der Waals surface area contributed by atoms with Crippen LogP contribution in [-0.4, -0.2) is 53.0 Å². The summed E-state index contributed by atoms with van der Waals surface area (Å²) >= 11 is 0. The number of carbonyl (C=O) groups excluding carboxylic acids is 1. The molecule has 3 aromatic heterocycles. The van der Waals surface area contributed by atoms with Crippen molar-refractivity contribution in [1.82, 2.24) is 25.1 Å². The van der Waals surface area contributed by atoms with E-state index in [9.17, 15) is 4.79 Å². The van der Waals surface area contributed by atoms with E-state index in [-0.39, 0.29) is 5.91 Å². The number of hydrogen-bond acceptors (Lipinski definition) is 5. The Hall–Kier alpha value is -4.43. The number of pyridine rings is 1. The summed E-state index contributed by atoms with van der Waals surface area (Å²) < 4.78 is 12.5. The monoisotopic (exact) mass is 481 g/mol. The van der Waals surface area contributed by atoms with E-state index in [0.717, 1.165) is 33.3 Å². The maximum Gasteiger partial charge on any atom is 0.255 e. The van der Waals surface area contributed by atoms with Crippen LogP contribution in [0.15, 0.2) is 79.4 Å². The Kier molecular flexibility index (Phi) is 6.77. The van der Waals surface area contributed by atoms with Crippen molar-refractivity contribution in [2.45, 2.75) is 6.54 Å². The molecule has 0 atom stereocenters. The van der Waals surface area contributed by atoms with Gasteiger partial charge in [-0.3, -0.25) is 9.48 Å². The van der Waals surface area contributed by atoms with Crippen molar-refractivity contribution < 1.29 is 14.3 Å². The number of fused-ring (bicyclic) bond motifs is 1. The number of nitrogens with zero attached hydrogens (tertiary/aromatic N) is 3. The third-order valence-electron chi connectivity index (χ3n) is 6.03. The maximum atomic E-state index is 12.5. The van der Waals surface area contributed by atoms with Gasteiger partial charge in [0.2, 0.25) is 0 Å². The fourth-order valence-corrected chi connectivity index (χ4v) is 4.18. The standard InChI is InChI=1S/C28H27N5O3/c1-35-11-10-29-28(34)23-9-8-20(13-26(23)36-2)21-12-24-25(16-31-27(24)30-14-21)22-15-32-33(18-22)17-19-6-4-3-5-7-19/h3-9,12-16,18H,10-11,17H2,1-2H3,(H,29,34)(H,30,31). The van der Waals surface area contributed by atoms with E-state index >= 15 is 0 Å². The molecule has 0 aliphatic heterocycles. The number of benzene rings is 2. The number of nitrogens with one attached hydrogen (secondary N) is 2. The van der Waals surface area contributed by atoms with Gasteiger partial charge in [0, 0.05) is 54.3 Å². The molecule has 0 bridgehead atoms. The number of rotatable bonds is 9. The highest BCUT2D eigenvalue weighted by molar-refractivity contribution is 5.98. The van der Waals surface area contributed by atoms with Gasteiger partial charge in [0.25, 0.3) is 5.91 Å². The summed E-state index contributed by atoms with van der Waals surface area (Å²) in [5.74, 6) is 0.295. The zero-order valence-electron chi connectivity index (χ0n) is 20.2. The highest BCUT2D eigenvalue weighted by Gasteiger charge is 2.15. The minimum absolute atomic E-state index is 0.204. The van der Waals surface area contributed by atoms with Crippen molar-refractivity contribution >= 4 is 16.9 Å². The average molecular weight is 482 g/mol. The average Bonchev–Trinajstić information content (AvgIpc) is 3.55. The lowest BCUT2D eigenvalue weighted by molar-refractivity contribution is 0.0934. The molecule has 1 amide bonds. The van der Waals surface area contributed by atoms with E-state index in [0.29, 0.717) is 31.0 Å². The normalized spacial score (nSPS) is 11.1. The Labute approximate surface area is 208 Å². The van der Waals surface area contributed by atoms with Gasteiger partial charge in [-0.1, -0.05) is 36.4 Å². The molecule has 5 rings (SSSR count). The van der Waals surface area contributed by atoms with Crippen LogP contribution in [0.4, 0.5) is 0 Å². The number of aromatic amines is 1. The molecular weight excluding hydrogens is 454 g/mol. The highest BCUT2D eigenvalue weighted by Crippen LogP contribution is 2.33. The minimum Gasteiger partial charge on any atom is -0.496 e. The number of ether oxygens (including phenoxy) is 2. The Morgan fingerprint density at radius 3 is 2.69 bits per heavy atom. The van der Waals surface area contributed by atoms with Gasteiger partial charge in [0.15, 0.2) is 0 Å². The molecule has 0 saturated heterocycles. The van der Waals surface area contributed by atoms with E-state index in [1.54, 1.807) is 20.3 Å². The number of amides is 1. The first-order valence-corrected chi connectivity index (χ1v) is 11.7. The second-order valence-electron chi connectivity index (χ2n) is 8.40. The zero-order valence-corrected chi connectivity index (χ0v) is 20.2. The van der Waals surface area contributed by atoms with Crippen LogP contribution >= 0.6 is 0 Å². The summed E-state index contributed by atoms with van der Waals surface area (Å²) in [6.07, 6.45) is 7.69. The lowest BCUT2D eigenvalue weighted by Crippen LogP contribution is -2.27. The molecule has 0 aliphatic rings. The lowest BCUT2D eigenvalue weighted by atomic mass is 10.0.